The number of nitrogens with zero attached hydrogens (tertiary/aromatic N) is 2. The van der Waals surface area contributed by atoms with Gasteiger partial charge in [0.15, 0.2) is 0 Å². The Bertz CT molecular complexity index is 999. The maximum atomic E-state index is 13.2. The van der Waals surface area contributed by atoms with Gasteiger partial charge in [0, 0.05) is 35.1 Å². The van der Waals surface area contributed by atoms with Gasteiger partial charge < -0.3 is 15.0 Å². The fourth-order valence-corrected chi connectivity index (χ4v) is 2.37. The van der Waals surface area contributed by atoms with E-state index in [1.54, 1.807) is 24.4 Å². The van der Waals surface area contributed by atoms with E-state index in [1.165, 1.54) is 12.1 Å². The quantitative estimate of drug-likeness (QED) is 0.575. The molecule has 2 N–H and O–H groups in total. The average molecular weight is 320 g/mol. The van der Waals surface area contributed by atoms with Gasteiger partial charge in [0.1, 0.15) is 11.6 Å². The molecule has 24 heavy (non-hydrogen) atoms. The molecule has 6 heteroatoms. The van der Waals surface area contributed by atoms with Gasteiger partial charge >= 0.3 is 0 Å². The number of nitrogens with one attached hydrogen (secondary N) is 2. The van der Waals surface area contributed by atoms with Crippen LogP contribution in [0.2, 0.25) is 0 Å². The zero-order chi connectivity index (χ0) is 16.4. The van der Waals surface area contributed by atoms with E-state index in [9.17, 15) is 4.39 Å². The monoisotopic (exact) mass is 320 g/mol. The third kappa shape index (κ3) is 3.03. The van der Waals surface area contributed by atoms with Gasteiger partial charge in [-0.15, -0.1) is 0 Å². The normalized spacial score (nSPS) is 10.7. The predicted molar refractivity (Wildman–Crippen MR) is 90.1 cm³/mol. The SMILES string of the molecule is Fc1cccc(Nc2nccc(Oc3ccc4[nH]ccc4c3)n2)c1. The van der Waals surface area contributed by atoms with Gasteiger partial charge in [-0.2, -0.15) is 4.98 Å². The van der Waals surface area contributed by atoms with Gasteiger partial charge in [0.05, 0.1) is 0 Å². The minimum atomic E-state index is -0.327. The van der Waals surface area contributed by atoms with Crippen molar-refractivity contribution in [1.82, 2.24) is 15.0 Å². The fraction of sp³-hybridized carbons (Fsp3) is 0. The van der Waals surface area contributed by atoms with Crippen molar-refractivity contribution in [3.63, 3.8) is 0 Å². The number of anilines is 2. The van der Waals surface area contributed by atoms with Crippen molar-refractivity contribution < 1.29 is 9.13 Å². The van der Waals surface area contributed by atoms with E-state index in [2.05, 4.69) is 20.3 Å². The van der Waals surface area contributed by atoms with E-state index in [1.807, 2.05) is 30.5 Å². The third-order valence-corrected chi connectivity index (χ3v) is 3.46. The molecule has 2 heterocycles. The molecule has 5 nitrogen and oxygen atoms in total. The number of fused-ring (bicyclic) bond motifs is 1. The summed E-state index contributed by atoms with van der Waals surface area (Å²) in [7, 11) is 0. The number of ether oxygens (including phenoxy) is 1. The minimum Gasteiger partial charge on any atom is -0.439 e. The van der Waals surface area contributed by atoms with Gasteiger partial charge in [0.2, 0.25) is 11.8 Å². The molecule has 0 saturated carbocycles. The number of halogens is 1. The molecule has 0 amide bonds. The number of aromatic nitrogens is 3. The first kappa shape index (κ1) is 14.2. The lowest BCUT2D eigenvalue weighted by Gasteiger charge is -2.08. The van der Waals surface area contributed by atoms with Crippen LogP contribution in [0.4, 0.5) is 16.0 Å². The van der Waals surface area contributed by atoms with Crippen LogP contribution < -0.4 is 10.1 Å². The van der Waals surface area contributed by atoms with Crippen molar-refractivity contribution in [3.05, 3.63) is 72.8 Å². The molecule has 0 radical (unpaired) electrons. The Hall–Kier alpha value is -3.41. The van der Waals surface area contributed by atoms with E-state index in [-0.39, 0.29) is 5.82 Å². The summed E-state index contributed by atoms with van der Waals surface area (Å²) < 4.78 is 19.0. The Balaban J connectivity index is 1.55. The zero-order valence-electron chi connectivity index (χ0n) is 12.5. The third-order valence-electron chi connectivity index (χ3n) is 3.46. The number of aromatic amines is 1. The van der Waals surface area contributed by atoms with Crippen LogP contribution in [-0.4, -0.2) is 15.0 Å². The van der Waals surface area contributed by atoms with E-state index < -0.39 is 0 Å². The summed E-state index contributed by atoms with van der Waals surface area (Å²) in [5.41, 5.74) is 1.61. The summed E-state index contributed by atoms with van der Waals surface area (Å²) in [5, 5.41) is 4.00. The van der Waals surface area contributed by atoms with Gasteiger partial charge in [-0.3, -0.25) is 0 Å². The molecule has 4 rings (SSSR count). The van der Waals surface area contributed by atoms with Crippen LogP contribution in [0.15, 0.2) is 67.0 Å². The van der Waals surface area contributed by atoms with E-state index in [0.717, 1.165) is 10.9 Å². The lowest BCUT2D eigenvalue weighted by atomic mass is 10.2. The Labute approximate surface area is 137 Å². The van der Waals surface area contributed by atoms with Gasteiger partial charge in [-0.25, -0.2) is 9.37 Å². The first-order chi connectivity index (χ1) is 11.8. The Kier molecular flexibility index (Phi) is 3.55. The predicted octanol–water partition coefficient (Wildman–Crippen LogP) is 4.63. The molecule has 2 aromatic carbocycles. The van der Waals surface area contributed by atoms with Crippen molar-refractivity contribution in [2.24, 2.45) is 0 Å². The average Bonchev–Trinajstić information content (AvgIpc) is 3.03. The molecule has 0 spiro atoms. The number of hydrogen-bond donors (Lipinski definition) is 2. The highest BCUT2D eigenvalue weighted by Gasteiger charge is 2.04. The van der Waals surface area contributed by atoms with Crippen molar-refractivity contribution in [1.29, 1.82) is 0 Å². The Morgan fingerprint density at radius 1 is 1.04 bits per heavy atom. The highest BCUT2D eigenvalue weighted by Crippen LogP contribution is 2.25. The number of hydrogen-bond acceptors (Lipinski definition) is 4. The standard InChI is InChI=1S/C18H13FN4O/c19-13-2-1-3-14(11-13)22-18-21-9-7-17(23-18)24-15-4-5-16-12(10-15)6-8-20-16/h1-11,20H,(H,21,22,23). The summed E-state index contributed by atoms with van der Waals surface area (Å²) in [6, 6.07) is 15.5. The Morgan fingerprint density at radius 2 is 2.00 bits per heavy atom. The second-order valence-electron chi connectivity index (χ2n) is 5.18. The maximum absolute atomic E-state index is 13.2. The number of benzene rings is 2. The Morgan fingerprint density at radius 3 is 2.92 bits per heavy atom. The summed E-state index contributed by atoms with van der Waals surface area (Å²) in [4.78, 5) is 11.5. The number of rotatable bonds is 4. The summed E-state index contributed by atoms with van der Waals surface area (Å²) >= 11 is 0. The van der Waals surface area contributed by atoms with Crippen molar-refractivity contribution >= 4 is 22.5 Å². The van der Waals surface area contributed by atoms with E-state index >= 15 is 0 Å². The minimum absolute atomic E-state index is 0.327. The van der Waals surface area contributed by atoms with Crippen LogP contribution >= 0.6 is 0 Å². The lowest BCUT2D eigenvalue weighted by molar-refractivity contribution is 0.463. The molecule has 0 aliphatic carbocycles. The lowest BCUT2D eigenvalue weighted by Crippen LogP contribution is -1.98. The summed E-state index contributed by atoms with van der Waals surface area (Å²) in [6.45, 7) is 0. The molecule has 0 saturated heterocycles. The van der Waals surface area contributed by atoms with Crippen LogP contribution in [0.25, 0.3) is 10.9 Å². The smallest absolute Gasteiger partial charge is 0.230 e. The highest BCUT2D eigenvalue weighted by molar-refractivity contribution is 5.80. The summed E-state index contributed by atoms with van der Waals surface area (Å²) in [5.74, 6) is 1.09. The van der Waals surface area contributed by atoms with E-state index in [4.69, 9.17) is 4.74 Å². The topological polar surface area (TPSA) is 62.8 Å². The van der Waals surface area contributed by atoms with E-state index in [0.29, 0.717) is 23.3 Å². The molecular weight excluding hydrogens is 307 g/mol. The highest BCUT2D eigenvalue weighted by atomic mass is 19.1. The molecule has 0 bridgehead atoms. The first-order valence-electron chi connectivity index (χ1n) is 7.37. The van der Waals surface area contributed by atoms with Gasteiger partial charge in [-0.1, -0.05) is 6.07 Å². The molecule has 118 valence electrons. The second kappa shape index (κ2) is 6.00. The largest absolute Gasteiger partial charge is 0.439 e. The maximum Gasteiger partial charge on any atom is 0.230 e. The molecule has 4 aromatic rings. The second-order valence-corrected chi connectivity index (χ2v) is 5.18. The summed E-state index contributed by atoms with van der Waals surface area (Å²) in [6.07, 6.45) is 3.46. The first-order valence-corrected chi connectivity index (χ1v) is 7.37. The molecule has 0 aliphatic heterocycles. The van der Waals surface area contributed by atoms with Crippen LogP contribution in [0, 0.1) is 5.82 Å². The van der Waals surface area contributed by atoms with Gasteiger partial charge in [-0.05, 0) is 42.5 Å². The van der Waals surface area contributed by atoms with Gasteiger partial charge in [0.25, 0.3) is 0 Å². The van der Waals surface area contributed by atoms with Crippen LogP contribution in [0.5, 0.6) is 11.6 Å². The van der Waals surface area contributed by atoms with Crippen LogP contribution in [0.1, 0.15) is 0 Å². The van der Waals surface area contributed by atoms with Crippen molar-refractivity contribution in [2.45, 2.75) is 0 Å². The molecule has 0 fully saturated rings. The molecule has 2 aromatic heterocycles. The van der Waals surface area contributed by atoms with Crippen molar-refractivity contribution in [2.75, 3.05) is 5.32 Å². The molecular formula is C18H13FN4O. The number of H-pyrrole nitrogens is 1. The molecule has 0 unspecified atom stereocenters. The molecule has 0 atom stereocenters. The van der Waals surface area contributed by atoms with Crippen LogP contribution in [-0.2, 0) is 0 Å². The zero-order valence-corrected chi connectivity index (χ0v) is 12.5. The fourth-order valence-electron chi connectivity index (χ4n) is 2.37. The molecule has 0 aliphatic rings. The van der Waals surface area contributed by atoms with Crippen LogP contribution in [0.3, 0.4) is 0 Å². The van der Waals surface area contributed by atoms with Crippen molar-refractivity contribution in [3.8, 4) is 11.6 Å².